The lowest BCUT2D eigenvalue weighted by atomic mass is 10.7. The standard InChI is InChI=1S/C9H8N6OS/c1-6-11-7(14-16-6)5-17-9-12-8-10-3-2-4-15(8)13-9/h2-4H,5H2,1H3. The second-order valence-corrected chi connectivity index (χ2v) is 4.22. The van der Waals surface area contributed by atoms with Gasteiger partial charge >= 0.3 is 0 Å². The number of aryl methyl sites for hydroxylation is 1. The Balaban J connectivity index is 1.76. The first-order valence-electron chi connectivity index (χ1n) is 4.90. The summed E-state index contributed by atoms with van der Waals surface area (Å²) < 4.78 is 6.51. The smallest absolute Gasteiger partial charge is 0.253 e. The fourth-order valence-corrected chi connectivity index (χ4v) is 1.97. The Bertz CT molecular complexity index is 615. The molecule has 0 unspecified atom stereocenters. The summed E-state index contributed by atoms with van der Waals surface area (Å²) in [6.07, 6.45) is 3.49. The first-order valence-corrected chi connectivity index (χ1v) is 5.89. The molecule has 3 rings (SSSR count). The molecule has 0 aromatic carbocycles. The highest BCUT2D eigenvalue weighted by Gasteiger charge is 2.07. The van der Waals surface area contributed by atoms with Crippen LogP contribution in [0.1, 0.15) is 11.7 Å². The third-order valence-electron chi connectivity index (χ3n) is 2.00. The van der Waals surface area contributed by atoms with E-state index in [1.54, 1.807) is 29.9 Å². The molecular formula is C9H8N6OS. The Hall–Kier alpha value is -1.96. The Morgan fingerprint density at radius 3 is 3.12 bits per heavy atom. The molecule has 86 valence electrons. The third kappa shape index (κ3) is 2.11. The second kappa shape index (κ2) is 4.13. The first-order chi connectivity index (χ1) is 8.31. The molecule has 3 aromatic heterocycles. The van der Waals surface area contributed by atoms with Crippen LogP contribution in [0.3, 0.4) is 0 Å². The van der Waals surface area contributed by atoms with E-state index in [2.05, 4.69) is 25.2 Å². The van der Waals surface area contributed by atoms with E-state index >= 15 is 0 Å². The van der Waals surface area contributed by atoms with Gasteiger partial charge in [0.05, 0.1) is 5.75 Å². The van der Waals surface area contributed by atoms with Crippen molar-refractivity contribution in [1.29, 1.82) is 0 Å². The maximum absolute atomic E-state index is 4.88. The van der Waals surface area contributed by atoms with Gasteiger partial charge in [-0.15, -0.1) is 5.10 Å². The molecule has 0 aliphatic heterocycles. The van der Waals surface area contributed by atoms with E-state index in [1.807, 2.05) is 0 Å². The Morgan fingerprint density at radius 1 is 1.41 bits per heavy atom. The van der Waals surface area contributed by atoms with Crippen LogP contribution in [0.15, 0.2) is 28.1 Å². The number of nitrogens with zero attached hydrogens (tertiary/aromatic N) is 6. The monoisotopic (exact) mass is 248 g/mol. The van der Waals surface area contributed by atoms with Gasteiger partial charge in [-0.3, -0.25) is 0 Å². The molecule has 0 bridgehead atoms. The first kappa shape index (κ1) is 10.2. The number of hydrogen-bond acceptors (Lipinski definition) is 7. The van der Waals surface area contributed by atoms with Crippen LogP contribution in [0.25, 0.3) is 5.78 Å². The molecule has 3 aromatic rings. The minimum absolute atomic E-state index is 0.560. The van der Waals surface area contributed by atoms with Crippen molar-refractivity contribution < 1.29 is 4.52 Å². The molecule has 0 saturated heterocycles. The molecule has 0 saturated carbocycles. The summed E-state index contributed by atoms with van der Waals surface area (Å²) in [5.74, 6) is 2.36. The van der Waals surface area contributed by atoms with Gasteiger partial charge < -0.3 is 4.52 Å². The van der Waals surface area contributed by atoms with Gasteiger partial charge in [0, 0.05) is 19.3 Å². The molecule has 0 N–H and O–H groups in total. The fourth-order valence-electron chi connectivity index (χ4n) is 1.30. The van der Waals surface area contributed by atoms with Crippen molar-refractivity contribution in [3.8, 4) is 0 Å². The van der Waals surface area contributed by atoms with Crippen molar-refractivity contribution in [3.63, 3.8) is 0 Å². The molecule has 0 aliphatic carbocycles. The van der Waals surface area contributed by atoms with Gasteiger partial charge in [-0.1, -0.05) is 16.9 Å². The van der Waals surface area contributed by atoms with Gasteiger partial charge in [0.25, 0.3) is 5.78 Å². The minimum atomic E-state index is 0.560. The molecule has 3 heterocycles. The van der Waals surface area contributed by atoms with E-state index < -0.39 is 0 Å². The number of hydrogen-bond donors (Lipinski definition) is 0. The summed E-state index contributed by atoms with van der Waals surface area (Å²) in [5.41, 5.74) is 0. The number of aromatic nitrogens is 6. The highest BCUT2D eigenvalue weighted by Crippen LogP contribution is 2.17. The zero-order valence-electron chi connectivity index (χ0n) is 8.94. The normalized spacial score (nSPS) is 11.1. The maximum Gasteiger partial charge on any atom is 0.253 e. The van der Waals surface area contributed by atoms with Crippen molar-refractivity contribution in [2.45, 2.75) is 17.8 Å². The second-order valence-electron chi connectivity index (χ2n) is 3.28. The van der Waals surface area contributed by atoms with E-state index in [4.69, 9.17) is 4.52 Å². The van der Waals surface area contributed by atoms with Gasteiger partial charge in [0.15, 0.2) is 5.82 Å². The lowest BCUT2D eigenvalue weighted by molar-refractivity contribution is 0.389. The van der Waals surface area contributed by atoms with Crippen molar-refractivity contribution >= 4 is 17.5 Å². The quantitative estimate of drug-likeness (QED) is 0.642. The van der Waals surface area contributed by atoms with Gasteiger partial charge in [-0.05, 0) is 6.07 Å². The van der Waals surface area contributed by atoms with Crippen LogP contribution >= 0.6 is 11.8 Å². The third-order valence-corrected chi connectivity index (χ3v) is 2.83. The number of rotatable bonds is 3. The average Bonchev–Trinajstić information content (AvgIpc) is 2.91. The molecule has 0 amide bonds. The predicted octanol–water partition coefficient (Wildman–Crippen LogP) is 1.11. The Kier molecular flexibility index (Phi) is 2.48. The molecule has 0 fully saturated rings. The maximum atomic E-state index is 4.88. The zero-order valence-corrected chi connectivity index (χ0v) is 9.76. The molecule has 8 heteroatoms. The van der Waals surface area contributed by atoms with E-state index in [9.17, 15) is 0 Å². The van der Waals surface area contributed by atoms with Crippen LogP contribution in [-0.2, 0) is 5.75 Å². The lowest BCUT2D eigenvalue weighted by Gasteiger charge is -1.88. The van der Waals surface area contributed by atoms with Crippen molar-refractivity contribution in [3.05, 3.63) is 30.2 Å². The topological polar surface area (TPSA) is 82.0 Å². The zero-order chi connectivity index (χ0) is 11.7. The Labute approximate surface area is 100 Å². The predicted molar refractivity (Wildman–Crippen MR) is 59.4 cm³/mol. The van der Waals surface area contributed by atoms with E-state index in [0.29, 0.717) is 28.4 Å². The van der Waals surface area contributed by atoms with Crippen LogP contribution in [0.5, 0.6) is 0 Å². The van der Waals surface area contributed by atoms with E-state index in [1.165, 1.54) is 11.8 Å². The summed E-state index contributed by atoms with van der Waals surface area (Å²) in [7, 11) is 0. The van der Waals surface area contributed by atoms with Crippen LogP contribution < -0.4 is 0 Å². The molecule has 0 spiro atoms. The largest absolute Gasteiger partial charge is 0.340 e. The van der Waals surface area contributed by atoms with Crippen LogP contribution in [0.2, 0.25) is 0 Å². The average molecular weight is 248 g/mol. The van der Waals surface area contributed by atoms with Crippen LogP contribution in [0, 0.1) is 6.92 Å². The summed E-state index contributed by atoms with van der Waals surface area (Å²) in [4.78, 5) is 12.4. The summed E-state index contributed by atoms with van der Waals surface area (Å²) in [6, 6.07) is 1.80. The molecule has 0 radical (unpaired) electrons. The molecule has 17 heavy (non-hydrogen) atoms. The number of thioether (sulfide) groups is 1. The van der Waals surface area contributed by atoms with Crippen LogP contribution in [-0.4, -0.2) is 29.7 Å². The molecular weight excluding hydrogens is 240 g/mol. The Morgan fingerprint density at radius 2 is 2.35 bits per heavy atom. The summed E-state index contributed by atoms with van der Waals surface area (Å²) in [6.45, 7) is 1.76. The molecule has 7 nitrogen and oxygen atoms in total. The van der Waals surface area contributed by atoms with Crippen molar-refractivity contribution in [2.75, 3.05) is 0 Å². The van der Waals surface area contributed by atoms with Crippen LogP contribution in [0.4, 0.5) is 0 Å². The summed E-state index contributed by atoms with van der Waals surface area (Å²) in [5, 5.41) is 8.70. The van der Waals surface area contributed by atoms with Gasteiger partial charge in [0.2, 0.25) is 11.0 Å². The SMILES string of the molecule is Cc1nc(CSc2nc3ncccn3n2)no1. The molecule has 0 aliphatic rings. The molecule has 0 atom stereocenters. The number of fused-ring (bicyclic) bond motifs is 1. The van der Waals surface area contributed by atoms with Crippen molar-refractivity contribution in [1.82, 2.24) is 29.7 Å². The van der Waals surface area contributed by atoms with Gasteiger partial charge in [0.1, 0.15) is 0 Å². The van der Waals surface area contributed by atoms with Gasteiger partial charge in [-0.25, -0.2) is 9.50 Å². The highest BCUT2D eigenvalue weighted by atomic mass is 32.2. The highest BCUT2D eigenvalue weighted by molar-refractivity contribution is 7.98. The van der Waals surface area contributed by atoms with Gasteiger partial charge in [-0.2, -0.15) is 9.97 Å². The summed E-state index contributed by atoms with van der Waals surface area (Å²) >= 11 is 1.44. The van der Waals surface area contributed by atoms with E-state index in [-0.39, 0.29) is 0 Å². The van der Waals surface area contributed by atoms with Crippen molar-refractivity contribution in [2.24, 2.45) is 0 Å². The lowest BCUT2D eigenvalue weighted by Crippen LogP contribution is -1.87. The van der Waals surface area contributed by atoms with E-state index in [0.717, 1.165) is 0 Å². The fraction of sp³-hybridized carbons (Fsp3) is 0.222. The minimum Gasteiger partial charge on any atom is -0.340 e.